The number of rotatable bonds is 4. The second-order valence-corrected chi connectivity index (χ2v) is 7.92. The highest BCUT2D eigenvalue weighted by molar-refractivity contribution is 6.51. The fourth-order valence-electron chi connectivity index (χ4n) is 3.75. The highest BCUT2D eigenvalue weighted by atomic mass is 35.5. The number of benzene rings is 2. The van der Waals surface area contributed by atoms with Gasteiger partial charge in [0.15, 0.2) is 0 Å². The molecule has 1 fully saturated rings. The number of methoxy groups -OCH3 is 1. The summed E-state index contributed by atoms with van der Waals surface area (Å²) >= 11 is 12.3. The first-order valence-electron chi connectivity index (χ1n) is 9.62. The number of ketones is 1. The number of hydrogen-bond acceptors (Lipinski definition) is 6. The van der Waals surface area contributed by atoms with Gasteiger partial charge in [-0.05, 0) is 54.1 Å². The van der Waals surface area contributed by atoms with Crippen molar-refractivity contribution in [2.75, 3.05) is 12.0 Å². The predicted molar refractivity (Wildman–Crippen MR) is 123 cm³/mol. The number of Topliss-reactive ketones (excluding diaryl/α,β-unsaturated/α-hetero) is 1. The number of aliphatic hydroxyl groups excluding tert-OH is 1. The largest absolute Gasteiger partial charge is 0.507 e. The number of pyridine rings is 1. The van der Waals surface area contributed by atoms with Gasteiger partial charge in [-0.2, -0.15) is 5.26 Å². The van der Waals surface area contributed by atoms with Crippen molar-refractivity contribution in [3.8, 4) is 11.8 Å². The molecule has 1 N–H and O–H groups in total. The van der Waals surface area contributed by atoms with Gasteiger partial charge in [0, 0.05) is 23.1 Å². The first kappa shape index (κ1) is 22.3. The fraction of sp³-hybridized carbons (Fsp3) is 0.0833. The van der Waals surface area contributed by atoms with Gasteiger partial charge >= 0.3 is 0 Å². The molecule has 1 aliphatic heterocycles. The Bertz CT molecular complexity index is 1330. The number of aromatic nitrogens is 1. The highest BCUT2D eigenvalue weighted by Crippen LogP contribution is 2.44. The first-order valence-corrected chi connectivity index (χ1v) is 10.4. The van der Waals surface area contributed by atoms with Gasteiger partial charge in [0.05, 0.1) is 40.9 Å². The molecule has 0 saturated carbocycles. The van der Waals surface area contributed by atoms with E-state index in [1.54, 1.807) is 24.3 Å². The second kappa shape index (κ2) is 8.94. The van der Waals surface area contributed by atoms with E-state index in [1.165, 1.54) is 48.7 Å². The number of carbonyl (C=O) groups excluding carboxylic acids is 2. The van der Waals surface area contributed by atoms with Crippen LogP contribution in [-0.4, -0.2) is 28.9 Å². The average Bonchev–Trinajstić information content (AvgIpc) is 3.09. The molecule has 1 atom stereocenters. The first-order chi connectivity index (χ1) is 15.9. The summed E-state index contributed by atoms with van der Waals surface area (Å²) < 4.78 is 5.32. The summed E-state index contributed by atoms with van der Waals surface area (Å²) in [6.07, 6.45) is 3.04. The summed E-state index contributed by atoms with van der Waals surface area (Å²) in [5.74, 6) is -2.10. The van der Waals surface area contributed by atoms with Crippen LogP contribution in [0.25, 0.3) is 5.76 Å². The highest BCUT2D eigenvalue weighted by Gasteiger charge is 2.47. The summed E-state index contributed by atoms with van der Waals surface area (Å²) in [7, 11) is 1.36. The molecule has 3 aromatic rings. The van der Waals surface area contributed by atoms with Crippen molar-refractivity contribution in [1.82, 2.24) is 4.98 Å². The Morgan fingerprint density at radius 1 is 1.12 bits per heavy atom. The maximum absolute atomic E-state index is 13.2. The Morgan fingerprint density at radius 2 is 1.79 bits per heavy atom. The van der Waals surface area contributed by atoms with Crippen molar-refractivity contribution in [2.24, 2.45) is 0 Å². The van der Waals surface area contributed by atoms with E-state index >= 15 is 0 Å². The maximum Gasteiger partial charge on any atom is 0.300 e. The lowest BCUT2D eigenvalue weighted by Crippen LogP contribution is -2.29. The molecule has 1 unspecified atom stereocenters. The Morgan fingerprint density at radius 3 is 2.39 bits per heavy atom. The lowest BCUT2D eigenvalue weighted by atomic mass is 9.95. The van der Waals surface area contributed by atoms with Gasteiger partial charge in [-0.15, -0.1) is 0 Å². The van der Waals surface area contributed by atoms with Gasteiger partial charge in [-0.25, -0.2) is 0 Å². The summed E-state index contributed by atoms with van der Waals surface area (Å²) in [4.78, 5) is 31.6. The lowest BCUT2D eigenvalue weighted by molar-refractivity contribution is -0.132. The number of anilines is 1. The molecule has 1 amide bonds. The molecule has 7 nitrogen and oxygen atoms in total. The van der Waals surface area contributed by atoms with Crippen LogP contribution < -0.4 is 9.64 Å². The third-order valence-corrected chi connectivity index (χ3v) is 5.71. The minimum absolute atomic E-state index is 0.0758. The third kappa shape index (κ3) is 3.91. The smallest absolute Gasteiger partial charge is 0.300 e. The molecule has 0 aliphatic carbocycles. The second-order valence-electron chi connectivity index (χ2n) is 7.08. The lowest BCUT2D eigenvalue weighted by Gasteiger charge is -2.25. The molecule has 164 valence electrons. The molecular formula is C24H15Cl2N3O4. The van der Waals surface area contributed by atoms with Crippen molar-refractivity contribution >= 4 is 46.3 Å². The van der Waals surface area contributed by atoms with E-state index < -0.39 is 23.5 Å². The van der Waals surface area contributed by atoms with E-state index in [4.69, 9.17) is 33.2 Å². The van der Waals surface area contributed by atoms with Crippen molar-refractivity contribution in [1.29, 1.82) is 5.26 Å². The molecule has 0 radical (unpaired) electrons. The van der Waals surface area contributed by atoms with Crippen LogP contribution in [0.4, 0.5) is 5.69 Å². The fourth-order valence-corrected chi connectivity index (χ4v) is 4.32. The zero-order valence-corrected chi connectivity index (χ0v) is 18.6. The number of aliphatic hydroxyl groups is 1. The normalized spacial score (nSPS) is 17.2. The van der Waals surface area contributed by atoms with Crippen molar-refractivity contribution in [3.63, 3.8) is 0 Å². The van der Waals surface area contributed by atoms with E-state index in [-0.39, 0.29) is 26.9 Å². The number of ether oxygens (including phenoxy) is 1. The van der Waals surface area contributed by atoms with Crippen LogP contribution in [0.2, 0.25) is 10.0 Å². The van der Waals surface area contributed by atoms with Gasteiger partial charge in [0.25, 0.3) is 11.7 Å². The number of halogens is 2. The standard InChI is InChI=1S/C24H15Cl2N3O4/c1-33-23-17(10-15(25)11-18(23)26)21(30)19-20(14-6-8-28-9-7-14)29(24(32)22(19)31)16-4-2-13(12-27)3-5-16/h2-11,20,30H,1H3/b21-19+. The summed E-state index contributed by atoms with van der Waals surface area (Å²) in [5.41, 5.74) is 1.24. The van der Waals surface area contributed by atoms with Gasteiger partial charge in [0.1, 0.15) is 11.5 Å². The number of amides is 1. The van der Waals surface area contributed by atoms with Gasteiger partial charge in [-0.1, -0.05) is 23.2 Å². The van der Waals surface area contributed by atoms with Crippen molar-refractivity contribution in [3.05, 3.63) is 93.2 Å². The molecule has 0 spiro atoms. The van der Waals surface area contributed by atoms with Gasteiger partial charge in [-0.3, -0.25) is 19.5 Å². The Kier molecular flexibility index (Phi) is 6.05. The van der Waals surface area contributed by atoms with Crippen LogP contribution in [0.1, 0.15) is 22.7 Å². The number of nitriles is 1. The predicted octanol–water partition coefficient (Wildman–Crippen LogP) is 4.89. The number of hydrogen-bond donors (Lipinski definition) is 1. The number of nitrogens with zero attached hydrogens (tertiary/aromatic N) is 3. The monoisotopic (exact) mass is 479 g/mol. The molecule has 0 bridgehead atoms. The molecule has 9 heteroatoms. The van der Waals surface area contributed by atoms with E-state index in [1.807, 2.05) is 6.07 Å². The Balaban J connectivity index is 1.98. The van der Waals surface area contributed by atoms with Crippen LogP contribution >= 0.6 is 23.2 Å². The van der Waals surface area contributed by atoms with Crippen LogP contribution in [-0.2, 0) is 9.59 Å². The Labute approximate surface area is 199 Å². The number of carbonyl (C=O) groups is 2. The zero-order chi connectivity index (χ0) is 23.7. The molecule has 2 heterocycles. The third-order valence-electron chi connectivity index (χ3n) is 5.21. The van der Waals surface area contributed by atoms with E-state index in [0.717, 1.165) is 0 Å². The van der Waals surface area contributed by atoms with E-state index in [2.05, 4.69) is 4.98 Å². The molecule has 1 aliphatic rings. The minimum atomic E-state index is -0.969. The van der Waals surface area contributed by atoms with Crippen LogP contribution in [0.15, 0.2) is 66.5 Å². The summed E-state index contributed by atoms with van der Waals surface area (Å²) in [5, 5.41) is 20.7. The Hall–Kier alpha value is -3.86. The molecule has 4 rings (SSSR count). The average molecular weight is 480 g/mol. The quantitative estimate of drug-likeness (QED) is 0.324. The van der Waals surface area contributed by atoms with Gasteiger partial charge < -0.3 is 9.84 Å². The van der Waals surface area contributed by atoms with Crippen LogP contribution in [0.5, 0.6) is 5.75 Å². The minimum Gasteiger partial charge on any atom is -0.507 e. The molecule has 33 heavy (non-hydrogen) atoms. The SMILES string of the molecule is COc1c(Cl)cc(Cl)cc1/C(O)=C1\C(=O)C(=O)N(c2ccc(C#N)cc2)C1c1ccncc1. The summed E-state index contributed by atoms with van der Waals surface area (Å²) in [6, 6.07) is 13.4. The molecule has 1 saturated heterocycles. The maximum atomic E-state index is 13.2. The molecule has 1 aromatic heterocycles. The topological polar surface area (TPSA) is 104 Å². The van der Waals surface area contributed by atoms with Crippen molar-refractivity contribution < 1.29 is 19.4 Å². The molecule has 2 aromatic carbocycles. The van der Waals surface area contributed by atoms with E-state index in [0.29, 0.717) is 16.8 Å². The summed E-state index contributed by atoms with van der Waals surface area (Å²) in [6.45, 7) is 0. The van der Waals surface area contributed by atoms with Crippen molar-refractivity contribution in [2.45, 2.75) is 6.04 Å². The zero-order valence-electron chi connectivity index (χ0n) is 17.1. The van der Waals surface area contributed by atoms with Crippen LogP contribution in [0.3, 0.4) is 0 Å². The van der Waals surface area contributed by atoms with E-state index in [9.17, 15) is 14.7 Å². The van der Waals surface area contributed by atoms with Crippen LogP contribution in [0, 0.1) is 11.3 Å². The molecular weight excluding hydrogens is 465 g/mol. The van der Waals surface area contributed by atoms with Gasteiger partial charge in [0.2, 0.25) is 0 Å².